The summed E-state index contributed by atoms with van der Waals surface area (Å²) in [6.45, 7) is 2.35. The maximum Gasteiger partial charge on any atom is 0.261 e. The van der Waals surface area contributed by atoms with Crippen molar-refractivity contribution in [2.24, 2.45) is 0 Å². The first-order chi connectivity index (χ1) is 12.7. The Kier molecular flexibility index (Phi) is 5.92. The molecule has 0 aliphatic rings. The molecule has 0 unspecified atom stereocenters. The lowest BCUT2D eigenvalue weighted by atomic mass is 10.2. The van der Waals surface area contributed by atoms with E-state index < -0.39 is 6.10 Å². The van der Waals surface area contributed by atoms with Crippen molar-refractivity contribution in [3.05, 3.63) is 77.8 Å². The van der Waals surface area contributed by atoms with Crippen molar-refractivity contribution in [1.29, 1.82) is 0 Å². The van der Waals surface area contributed by atoms with E-state index in [2.05, 4.69) is 10.3 Å². The summed E-state index contributed by atoms with van der Waals surface area (Å²) in [6, 6.07) is 15.0. The maximum atomic E-state index is 12.4. The largest absolute Gasteiger partial charge is 0.481 e. The predicted molar refractivity (Wildman–Crippen MR) is 102 cm³/mol. The van der Waals surface area contributed by atoms with Crippen LogP contribution in [0, 0.1) is 0 Å². The topological polar surface area (TPSA) is 56.1 Å². The van der Waals surface area contributed by atoms with Crippen LogP contribution in [-0.4, -0.2) is 21.6 Å². The number of halogens is 1. The Morgan fingerprint density at radius 2 is 2.08 bits per heavy atom. The number of aromatic nitrogens is 2. The third-order valence-electron chi connectivity index (χ3n) is 3.94. The van der Waals surface area contributed by atoms with Gasteiger partial charge < -0.3 is 14.6 Å². The number of rotatable bonds is 7. The van der Waals surface area contributed by atoms with E-state index >= 15 is 0 Å². The standard InChI is InChI=1S/C20H20ClN3O2/c1-2-19(26-18-5-3-4-16(21)12-18)20(25)23-13-15-6-8-17(9-7-15)24-11-10-22-14-24/h3-12,14,19H,2,13H2,1H3,(H,23,25)/t19-/m0/s1. The van der Waals surface area contributed by atoms with Gasteiger partial charge in [-0.05, 0) is 42.3 Å². The van der Waals surface area contributed by atoms with Crippen molar-refractivity contribution < 1.29 is 9.53 Å². The molecule has 0 aliphatic carbocycles. The number of carbonyl (C=O) groups is 1. The van der Waals surface area contributed by atoms with Crippen molar-refractivity contribution in [2.75, 3.05) is 0 Å². The van der Waals surface area contributed by atoms with Crippen LogP contribution in [0.25, 0.3) is 5.69 Å². The molecule has 0 spiro atoms. The van der Waals surface area contributed by atoms with E-state index in [1.165, 1.54) is 0 Å². The zero-order valence-electron chi connectivity index (χ0n) is 14.4. The molecule has 0 aliphatic heterocycles. The van der Waals surface area contributed by atoms with Crippen molar-refractivity contribution in [1.82, 2.24) is 14.9 Å². The lowest BCUT2D eigenvalue weighted by Gasteiger charge is -2.17. The maximum absolute atomic E-state index is 12.4. The van der Waals surface area contributed by atoms with E-state index in [1.807, 2.05) is 42.0 Å². The predicted octanol–water partition coefficient (Wildman–Crippen LogP) is 4.00. The third kappa shape index (κ3) is 4.64. The van der Waals surface area contributed by atoms with E-state index in [1.54, 1.807) is 36.8 Å². The first-order valence-electron chi connectivity index (χ1n) is 8.43. The van der Waals surface area contributed by atoms with Gasteiger partial charge in [0, 0.05) is 29.6 Å². The van der Waals surface area contributed by atoms with Crippen LogP contribution in [0.4, 0.5) is 0 Å². The minimum atomic E-state index is -0.557. The summed E-state index contributed by atoms with van der Waals surface area (Å²) in [5.41, 5.74) is 2.04. The molecule has 1 amide bonds. The lowest BCUT2D eigenvalue weighted by molar-refractivity contribution is -0.128. The highest BCUT2D eigenvalue weighted by Gasteiger charge is 2.18. The van der Waals surface area contributed by atoms with Gasteiger partial charge in [-0.25, -0.2) is 4.98 Å². The Morgan fingerprint density at radius 1 is 1.27 bits per heavy atom. The van der Waals surface area contributed by atoms with Gasteiger partial charge in [-0.3, -0.25) is 4.79 Å². The highest BCUT2D eigenvalue weighted by atomic mass is 35.5. The van der Waals surface area contributed by atoms with Crippen LogP contribution in [-0.2, 0) is 11.3 Å². The van der Waals surface area contributed by atoms with Crippen LogP contribution in [0.5, 0.6) is 5.75 Å². The van der Waals surface area contributed by atoms with Crippen LogP contribution < -0.4 is 10.1 Å². The number of benzene rings is 2. The number of hydrogen-bond acceptors (Lipinski definition) is 3. The van der Waals surface area contributed by atoms with Crippen LogP contribution in [0.2, 0.25) is 5.02 Å². The van der Waals surface area contributed by atoms with Crippen molar-refractivity contribution in [3.8, 4) is 11.4 Å². The molecule has 5 nitrogen and oxygen atoms in total. The molecule has 0 bridgehead atoms. The summed E-state index contributed by atoms with van der Waals surface area (Å²) in [6.07, 6.45) is 5.38. The molecule has 1 heterocycles. The fourth-order valence-corrected chi connectivity index (χ4v) is 2.71. The van der Waals surface area contributed by atoms with E-state index in [0.29, 0.717) is 23.7 Å². The Morgan fingerprint density at radius 3 is 2.73 bits per heavy atom. The second-order valence-electron chi connectivity index (χ2n) is 5.83. The van der Waals surface area contributed by atoms with E-state index in [4.69, 9.17) is 16.3 Å². The Balaban J connectivity index is 1.56. The van der Waals surface area contributed by atoms with Gasteiger partial charge in [-0.1, -0.05) is 36.7 Å². The smallest absolute Gasteiger partial charge is 0.261 e. The first kappa shape index (κ1) is 18.0. The van der Waals surface area contributed by atoms with E-state index in [9.17, 15) is 4.79 Å². The highest BCUT2D eigenvalue weighted by Crippen LogP contribution is 2.19. The summed E-state index contributed by atoms with van der Waals surface area (Å²) in [7, 11) is 0. The molecule has 0 saturated carbocycles. The first-order valence-corrected chi connectivity index (χ1v) is 8.80. The Bertz CT molecular complexity index is 848. The van der Waals surface area contributed by atoms with Gasteiger partial charge in [-0.15, -0.1) is 0 Å². The normalized spacial score (nSPS) is 11.8. The quantitative estimate of drug-likeness (QED) is 0.684. The van der Waals surface area contributed by atoms with Crippen LogP contribution in [0.1, 0.15) is 18.9 Å². The molecule has 1 N–H and O–H groups in total. The van der Waals surface area contributed by atoms with Gasteiger partial charge in [0.05, 0.1) is 6.33 Å². The molecule has 0 saturated heterocycles. The van der Waals surface area contributed by atoms with Crippen LogP contribution >= 0.6 is 11.6 Å². The molecular weight excluding hydrogens is 350 g/mol. The fourth-order valence-electron chi connectivity index (χ4n) is 2.53. The van der Waals surface area contributed by atoms with Crippen molar-refractivity contribution >= 4 is 17.5 Å². The number of hydrogen-bond donors (Lipinski definition) is 1. The average Bonchev–Trinajstić information content (AvgIpc) is 3.19. The van der Waals surface area contributed by atoms with Gasteiger partial charge in [0.15, 0.2) is 6.10 Å². The number of carbonyl (C=O) groups excluding carboxylic acids is 1. The summed E-state index contributed by atoms with van der Waals surface area (Å²) >= 11 is 5.96. The monoisotopic (exact) mass is 369 g/mol. The molecule has 1 aromatic heterocycles. The van der Waals surface area contributed by atoms with Gasteiger partial charge in [0.1, 0.15) is 5.75 Å². The molecule has 26 heavy (non-hydrogen) atoms. The zero-order chi connectivity index (χ0) is 18.4. The van der Waals surface area contributed by atoms with E-state index in [0.717, 1.165) is 11.3 Å². The summed E-state index contributed by atoms with van der Waals surface area (Å²) < 4.78 is 7.68. The number of nitrogens with zero attached hydrogens (tertiary/aromatic N) is 2. The minimum absolute atomic E-state index is 0.147. The van der Waals surface area contributed by atoms with Crippen molar-refractivity contribution in [2.45, 2.75) is 26.0 Å². The lowest BCUT2D eigenvalue weighted by Crippen LogP contribution is -2.37. The molecular formula is C20H20ClN3O2. The highest BCUT2D eigenvalue weighted by molar-refractivity contribution is 6.30. The summed E-state index contributed by atoms with van der Waals surface area (Å²) in [5, 5.41) is 3.50. The third-order valence-corrected chi connectivity index (χ3v) is 4.18. The minimum Gasteiger partial charge on any atom is -0.481 e. The van der Waals surface area contributed by atoms with E-state index in [-0.39, 0.29) is 5.91 Å². The Labute approximate surface area is 157 Å². The molecule has 0 radical (unpaired) electrons. The number of nitrogens with one attached hydrogen (secondary N) is 1. The number of amides is 1. The fraction of sp³-hybridized carbons (Fsp3) is 0.200. The average molecular weight is 370 g/mol. The summed E-state index contributed by atoms with van der Waals surface area (Å²) in [5.74, 6) is 0.440. The van der Waals surface area contributed by atoms with Gasteiger partial charge in [-0.2, -0.15) is 0 Å². The molecule has 0 fully saturated rings. The zero-order valence-corrected chi connectivity index (χ0v) is 15.2. The summed E-state index contributed by atoms with van der Waals surface area (Å²) in [4.78, 5) is 16.4. The molecule has 1 atom stereocenters. The molecule has 134 valence electrons. The molecule has 6 heteroatoms. The second-order valence-corrected chi connectivity index (χ2v) is 6.26. The second kappa shape index (κ2) is 8.54. The Hall–Kier alpha value is -2.79. The molecule has 3 aromatic rings. The van der Waals surface area contributed by atoms with Crippen LogP contribution in [0.3, 0.4) is 0 Å². The van der Waals surface area contributed by atoms with Crippen molar-refractivity contribution in [3.63, 3.8) is 0 Å². The SMILES string of the molecule is CC[C@H](Oc1cccc(Cl)c1)C(=O)NCc1ccc(-n2ccnc2)cc1. The van der Waals surface area contributed by atoms with Gasteiger partial charge in [0.25, 0.3) is 5.91 Å². The number of ether oxygens (including phenoxy) is 1. The molecule has 2 aromatic carbocycles. The number of imidazole rings is 1. The molecule has 3 rings (SSSR count). The van der Waals surface area contributed by atoms with Gasteiger partial charge in [0.2, 0.25) is 0 Å². The van der Waals surface area contributed by atoms with Crippen LogP contribution in [0.15, 0.2) is 67.3 Å². The van der Waals surface area contributed by atoms with Gasteiger partial charge >= 0.3 is 0 Å².